The van der Waals surface area contributed by atoms with Crippen LogP contribution in [0.15, 0.2) is 0 Å². The second-order valence-corrected chi connectivity index (χ2v) is 7.51. The van der Waals surface area contributed by atoms with Gasteiger partial charge in [-0.2, -0.15) is 0 Å². The van der Waals surface area contributed by atoms with Gasteiger partial charge < -0.3 is 15.6 Å². The number of unbranched alkanes of at least 4 members (excludes halogenated alkanes) is 1. The largest absolute Gasteiger partial charge is 0.480 e. The zero-order valence-corrected chi connectivity index (χ0v) is 13.5. The first kappa shape index (κ1) is 17.4. The van der Waals surface area contributed by atoms with Crippen LogP contribution in [0.5, 0.6) is 0 Å². The van der Waals surface area contributed by atoms with Gasteiger partial charge >= 0.3 is 5.97 Å². The summed E-state index contributed by atoms with van der Waals surface area (Å²) >= 11 is 0. The Morgan fingerprint density at radius 1 is 1.25 bits per heavy atom. The molecular weight excluding hydrogens is 256 g/mol. The van der Waals surface area contributed by atoms with E-state index in [4.69, 9.17) is 15.6 Å². The van der Waals surface area contributed by atoms with Crippen molar-refractivity contribution in [2.45, 2.75) is 70.6 Å². The van der Waals surface area contributed by atoms with E-state index in [1.807, 2.05) is 0 Å². The Morgan fingerprint density at radius 3 is 2.20 bits per heavy atom. The molecule has 1 unspecified atom stereocenters. The van der Waals surface area contributed by atoms with Crippen LogP contribution in [-0.4, -0.2) is 52.4 Å². The highest BCUT2D eigenvalue weighted by molar-refractivity contribution is 5.77. The molecule has 0 aliphatic carbocycles. The van der Waals surface area contributed by atoms with Crippen molar-refractivity contribution in [2.75, 3.05) is 19.6 Å². The van der Waals surface area contributed by atoms with Crippen LogP contribution in [0.3, 0.4) is 0 Å². The van der Waals surface area contributed by atoms with Crippen molar-refractivity contribution in [1.29, 1.82) is 0 Å². The van der Waals surface area contributed by atoms with Gasteiger partial charge in [0.05, 0.1) is 11.2 Å². The van der Waals surface area contributed by atoms with E-state index in [0.29, 0.717) is 6.42 Å². The van der Waals surface area contributed by atoms with E-state index in [2.05, 4.69) is 32.6 Å². The number of carbonyl (C=O) groups is 1. The molecule has 3 N–H and O–H groups in total. The van der Waals surface area contributed by atoms with Crippen LogP contribution in [0.2, 0.25) is 0 Å². The summed E-state index contributed by atoms with van der Waals surface area (Å²) in [6.07, 6.45) is 2.31. The van der Waals surface area contributed by atoms with Crippen LogP contribution in [-0.2, 0) is 9.53 Å². The van der Waals surface area contributed by atoms with Crippen molar-refractivity contribution in [3.8, 4) is 0 Å². The van der Waals surface area contributed by atoms with Crippen molar-refractivity contribution < 1.29 is 14.6 Å². The maximum atomic E-state index is 10.9. The predicted octanol–water partition coefficient (Wildman–Crippen LogP) is 1.85. The molecule has 5 heteroatoms. The number of carboxylic acids is 1. The van der Waals surface area contributed by atoms with E-state index < -0.39 is 11.5 Å². The van der Waals surface area contributed by atoms with Crippen LogP contribution in [0, 0.1) is 0 Å². The van der Waals surface area contributed by atoms with Crippen molar-refractivity contribution in [1.82, 2.24) is 4.90 Å². The minimum absolute atomic E-state index is 0.134. The SMILES string of the molecule is CC1(C)CN(CCCCC(C)(N)C(=O)O)CC(C)(C)O1. The molecule has 0 radical (unpaired) electrons. The first-order valence-corrected chi connectivity index (χ1v) is 7.38. The molecule has 0 saturated carbocycles. The summed E-state index contributed by atoms with van der Waals surface area (Å²) in [7, 11) is 0. The van der Waals surface area contributed by atoms with Crippen molar-refractivity contribution in [2.24, 2.45) is 5.73 Å². The summed E-state index contributed by atoms with van der Waals surface area (Å²) in [6, 6.07) is 0. The second-order valence-electron chi connectivity index (χ2n) is 7.51. The minimum atomic E-state index is -1.11. The van der Waals surface area contributed by atoms with Gasteiger partial charge in [-0.15, -0.1) is 0 Å². The van der Waals surface area contributed by atoms with Crippen LogP contribution < -0.4 is 5.73 Å². The summed E-state index contributed by atoms with van der Waals surface area (Å²) in [5.41, 5.74) is 4.36. The molecule has 1 rings (SSSR count). The highest BCUT2D eigenvalue weighted by Crippen LogP contribution is 2.28. The molecule has 1 saturated heterocycles. The number of rotatable bonds is 6. The lowest BCUT2D eigenvalue weighted by molar-refractivity contribution is -0.180. The Morgan fingerprint density at radius 2 is 1.75 bits per heavy atom. The zero-order chi connectivity index (χ0) is 15.6. The lowest BCUT2D eigenvalue weighted by Gasteiger charge is -2.47. The van der Waals surface area contributed by atoms with Gasteiger partial charge in [-0.05, 0) is 60.4 Å². The Labute approximate surface area is 122 Å². The molecule has 0 bridgehead atoms. The fourth-order valence-electron chi connectivity index (χ4n) is 3.04. The molecule has 118 valence electrons. The number of ether oxygens (including phenoxy) is 1. The highest BCUT2D eigenvalue weighted by Gasteiger charge is 2.37. The van der Waals surface area contributed by atoms with Crippen molar-refractivity contribution >= 4 is 5.97 Å². The van der Waals surface area contributed by atoms with Crippen LogP contribution in [0.25, 0.3) is 0 Å². The fraction of sp³-hybridized carbons (Fsp3) is 0.933. The molecular formula is C15H30N2O3. The number of carboxylic acid groups (broad SMARTS) is 1. The van der Waals surface area contributed by atoms with Gasteiger partial charge in [0.1, 0.15) is 5.54 Å². The first-order valence-electron chi connectivity index (χ1n) is 7.38. The predicted molar refractivity (Wildman–Crippen MR) is 79.8 cm³/mol. The quantitative estimate of drug-likeness (QED) is 0.729. The summed E-state index contributed by atoms with van der Waals surface area (Å²) < 4.78 is 6.04. The first-order chi connectivity index (χ1) is 8.94. The summed E-state index contributed by atoms with van der Waals surface area (Å²) in [5, 5.41) is 8.97. The number of hydrogen-bond donors (Lipinski definition) is 2. The van der Waals surface area contributed by atoms with E-state index in [0.717, 1.165) is 32.5 Å². The second kappa shape index (κ2) is 6.00. The number of nitrogens with zero attached hydrogens (tertiary/aromatic N) is 1. The maximum absolute atomic E-state index is 10.9. The van der Waals surface area contributed by atoms with E-state index in [1.54, 1.807) is 6.92 Å². The Balaban J connectivity index is 2.37. The molecule has 0 amide bonds. The molecule has 1 aliphatic rings. The van der Waals surface area contributed by atoms with Crippen molar-refractivity contribution in [3.05, 3.63) is 0 Å². The summed E-state index contributed by atoms with van der Waals surface area (Å²) in [4.78, 5) is 13.3. The van der Waals surface area contributed by atoms with Crippen molar-refractivity contribution in [3.63, 3.8) is 0 Å². The van der Waals surface area contributed by atoms with Crippen LogP contribution >= 0.6 is 0 Å². The monoisotopic (exact) mass is 286 g/mol. The molecule has 0 aromatic carbocycles. The Bertz CT molecular complexity index is 335. The van der Waals surface area contributed by atoms with Gasteiger partial charge in [0.15, 0.2) is 0 Å². The lowest BCUT2D eigenvalue weighted by atomic mass is 9.95. The highest BCUT2D eigenvalue weighted by atomic mass is 16.5. The topological polar surface area (TPSA) is 75.8 Å². The average Bonchev–Trinajstić information content (AvgIpc) is 2.19. The van der Waals surface area contributed by atoms with E-state index in [-0.39, 0.29) is 11.2 Å². The zero-order valence-electron chi connectivity index (χ0n) is 13.5. The van der Waals surface area contributed by atoms with Gasteiger partial charge in [-0.25, -0.2) is 0 Å². The third-order valence-corrected chi connectivity index (χ3v) is 3.67. The summed E-state index contributed by atoms with van der Waals surface area (Å²) in [5.74, 6) is -0.925. The number of morpholine rings is 1. The molecule has 5 nitrogen and oxygen atoms in total. The average molecular weight is 286 g/mol. The standard InChI is InChI=1S/C15H30N2O3/c1-13(2)10-17(11-14(3,4)20-13)9-7-6-8-15(5,16)12(18)19/h6-11,16H2,1-5H3,(H,18,19). The number of aliphatic carboxylic acids is 1. The smallest absolute Gasteiger partial charge is 0.323 e. The lowest BCUT2D eigenvalue weighted by Crippen LogP contribution is -2.57. The van der Waals surface area contributed by atoms with Gasteiger partial charge in [-0.1, -0.05) is 0 Å². The number of hydrogen-bond acceptors (Lipinski definition) is 4. The van der Waals surface area contributed by atoms with Gasteiger partial charge in [0, 0.05) is 13.1 Å². The summed E-state index contributed by atoms with van der Waals surface area (Å²) in [6.45, 7) is 12.8. The molecule has 1 heterocycles. The third kappa shape index (κ3) is 5.38. The minimum Gasteiger partial charge on any atom is -0.480 e. The normalized spacial score (nSPS) is 25.1. The van der Waals surface area contributed by atoms with E-state index in [9.17, 15) is 4.79 Å². The van der Waals surface area contributed by atoms with Crippen LogP contribution in [0.1, 0.15) is 53.9 Å². The maximum Gasteiger partial charge on any atom is 0.323 e. The molecule has 0 spiro atoms. The molecule has 0 aromatic heterocycles. The number of nitrogens with two attached hydrogens (primary N) is 1. The van der Waals surface area contributed by atoms with E-state index >= 15 is 0 Å². The molecule has 1 aliphatic heterocycles. The Kier molecular flexibility index (Phi) is 5.22. The molecule has 1 fully saturated rings. The fourth-order valence-corrected chi connectivity index (χ4v) is 3.04. The van der Waals surface area contributed by atoms with Gasteiger partial charge in [0.2, 0.25) is 0 Å². The van der Waals surface area contributed by atoms with Gasteiger partial charge in [0.25, 0.3) is 0 Å². The van der Waals surface area contributed by atoms with E-state index in [1.165, 1.54) is 0 Å². The molecule has 1 atom stereocenters. The van der Waals surface area contributed by atoms with Gasteiger partial charge in [-0.3, -0.25) is 9.69 Å². The van der Waals surface area contributed by atoms with Crippen LogP contribution in [0.4, 0.5) is 0 Å². The molecule has 0 aromatic rings. The Hall–Kier alpha value is -0.650. The molecule has 20 heavy (non-hydrogen) atoms. The third-order valence-electron chi connectivity index (χ3n) is 3.67.